The van der Waals surface area contributed by atoms with Crippen molar-refractivity contribution in [2.75, 3.05) is 11.9 Å². The number of hydrogen-bond donors (Lipinski definition) is 2. The van der Waals surface area contributed by atoms with Crippen LogP contribution in [-0.4, -0.2) is 12.5 Å². The first-order valence-electron chi connectivity index (χ1n) is 8.01. The number of halogens is 1. The number of hydrogen-bond acceptors (Lipinski definition) is 2. The molecule has 1 atom stereocenters. The Labute approximate surface area is 135 Å². The Balaban J connectivity index is 1.68. The van der Waals surface area contributed by atoms with Crippen LogP contribution in [0.3, 0.4) is 0 Å². The van der Waals surface area contributed by atoms with E-state index in [1.807, 2.05) is 43.3 Å². The molecule has 2 N–H and O–H groups in total. The number of anilines is 1. The third kappa shape index (κ3) is 3.59. The van der Waals surface area contributed by atoms with Crippen LogP contribution in [0.25, 0.3) is 0 Å². The van der Waals surface area contributed by atoms with E-state index in [9.17, 15) is 9.18 Å². The number of amides is 1. The van der Waals surface area contributed by atoms with Crippen molar-refractivity contribution in [3.63, 3.8) is 0 Å². The number of nitrogens with one attached hydrogen (secondary N) is 2. The van der Waals surface area contributed by atoms with Crippen molar-refractivity contribution in [3.8, 4) is 0 Å². The van der Waals surface area contributed by atoms with E-state index >= 15 is 0 Å². The molecule has 0 aromatic heterocycles. The summed E-state index contributed by atoms with van der Waals surface area (Å²) >= 11 is 0. The maximum Gasteiger partial charge on any atom is 0.225 e. The summed E-state index contributed by atoms with van der Waals surface area (Å²) in [5.41, 5.74) is 3.10. The van der Waals surface area contributed by atoms with Crippen molar-refractivity contribution in [2.24, 2.45) is 0 Å². The van der Waals surface area contributed by atoms with E-state index in [4.69, 9.17) is 0 Å². The van der Waals surface area contributed by atoms with E-state index in [1.54, 1.807) is 6.07 Å². The van der Waals surface area contributed by atoms with Crippen LogP contribution >= 0.6 is 0 Å². The molecule has 0 bridgehead atoms. The van der Waals surface area contributed by atoms with Crippen molar-refractivity contribution in [1.29, 1.82) is 0 Å². The first kappa shape index (κ1) is 15.7. The number of fused-ring (bicyclic) bond motifs is 1. The third-order valence-electron chi connectivity index (χ3n) is 4.34. The molecule has 1 amide bonds. The van der Waals surface area contributed by atoms with Crippen LogP contribution in [0, 0.1) is 5.82 Å². The van der Waals surface area contributed by atoms with Crippen LogP contribution in [0.5, 0.6) is 0 Å². The Morgan fingerprint density at radius 2 is 2.04 bits per heavy atom. The molecule has 1 aliphatic rings. The molecule has 3 rings (SSSR count). The van der Waals surface area contributed by atoms with Crippen molar-refractivity contribution >= 4 is 11.6 Å². The quantitative estimate of drug-likeness (QED) is 0.905. The highest BCUT2D eigenvalue weighted by molar-refractivity contribution is 5.91. The van der Waals surface area contributed by atoms with Crippen molar-refractivity contribution in [3.05, 3.63) is 65.0 Å². The minimum Gasteiger partial charge on any atom is -0.324 e. The molecule has 0 radical (unpaired) electrons. The second kappa shape index (κ2) is 6.92. The summed E-state index contributed by atoms with van der Waals surface area (Å²) in [5, 5.41) is 5.95. The van der Waals surface area contributed by atoms with E-state index in [0.717, 1.165) is 23.2 Å². The zero-order valence-corrected chi connectivity index (χ0v) is 13.2. The standard InChI is InChI=1S/C19H21FN2O/c1-13(14-5-3-2-4-6-14)11-18(23)22-17-8-7-15-12-21-10-9-16(15)19(17)20/h2-8,13,21H,9-12H2,1H3,(H,22,23). The molecule has 0 spiro atoms. The van der Waals surface area contributed by atoms with E-state index in [2.05, 4.69) is 10.6 Å². The van der Waals surface area contributed by atoms with Crippen LogP contribution in [0.2, 0.25) is 0 Å². The lowest BCUT2D eigenvalue weighted by Gasteiger charge is -2.20. The average Bonchev–Trinajstić information content (AvgIpc) is 2.58. The maximum atomic E-state index is 14.5. The second-order valence-corrected chi connectivity index (χ2v) is 6.06. The summed E-state index contributed by atoms with van der Waals surface area (Å²) in [4.78, 5) is 12.2. The summed E-state index contributed by atoms with van der Waals surface area (Å²) in [6.07, 6.45) is 0.993. The third-order valence-corrected chi connectivity index (χ3v) is 4.34. The molecule has 2 aromatic carbocycles. The number of carbonyl (C=O) groups excluding carboxylic acids is 1. The SMILES string of the molecule is CC(CC(=O)Nc1ccc2c(c1F)CCNC2)c1ccccc1. The van der Waals surface area contributed by atoms with Gasteiger partial charge in [0.2, 0.25) is 5.91 Å². The Morgan fingerprint density at radius 1 is 1.26 bits per heavy atom. The predicted molar refractivity (Wildman–Crippen MR) is 89.9 cm³/mol. The lowest BCUT2D eigenvalue weighted by atomic mass is 9.97. The normalized spacial score (nSPS) is 14.9. The van der Waals surface area contributed by atoms with Gasteiger partial charge in [-0.25, -0.2) is 4.39 Å². The van der Waals surface area contributed by atoms with Gasteiger partial charge >= 0.3 is 0 Å². The highest BCUT2D eigenvalue weighted by Gasteiger charge is 2.18. The molecule has 1 heterocycles. The molecule has 4 heteroatoms. The van der Waals surface area contributed by atoms with Gasteiger partial charge in [0.25, 0.3) is 0 Å². The summed E-state index contributed by atoms with van der Waals surface area (Å²) in [5.74, 6) is -0.347. The average molecular weight is 312 g/mol. The van der Waals surface area contributed by atoms with E-state index in [-0.39, 0.29) is 23.3 Å². The molecule has 1 aliphatic heterocycles. The fraction of sp³-hybridized carbons (Fsp3) is 0.316. The van der Waals surface area contributed by atoms with Gasteiger partial charge in [-0.3, -0.25) is 4.79 Å². The minimum absolute atomic E-state index is 0.0982. The van der Waals surface area contributed by atoms with Gasteiger partial charge < -0.3 is 10.6 Å². The van der Waals surface area contributed by atoms with Crippen LogP contribution in [0.4, 0.5) is 10.1 Å². The molecule has 3 nitrogen and oxygen atoms in total. The van der Waals surface area contributed by atoms with E-state index in [1.165, 1.54) is 0 Å². The topological polar surface area (TPSA) is 41.1 Å². The largest absolute Gasteiger partial charge is 0.324 e. The number of carbonyl (C=O) groups is 1. The number of benzene rings is 2. The van der Waals surface area contributed by atoms with Gasteiger partial charge in [0.15, 0.2) is 0 Å². The van der Waals surface area contributed by atoms with E-state index < -0.39 is 0 Å². The monoisotopic (exact) mass is 312 g/mol. The van der Waals surface area contributed by atoms with Gasteiger partial charge in [-0.15, -0.1) is 0 Å². The smallest absolute Gasteiger partial charge is 0.225 e. The Kier molecular flexibility index (Phi) is 4.72. The van der Waals surface area contributed by atoms with Crippen molar-refractivity contribution in [1.82, 2.24) is 5.32 Å². The van der Waals surface area contributed by atoms with Gasteiger partial charge in [0.1, 0.15) is 5.82 Å². The second-order valence-electron chi connectivity index (χ2n) is 6.06. The Hall–Kier alpha value is -2.20. The first-order chi connectivity index (χ1) is 11.1. The number of rotatable bonds is 4. The van der Waals surface area contributed by atoms with Gasteiger partial charge in [0, 0.05) is 13.0 Å². The molecule has 0 aliphatic carbocycles. The first-order valence-corrected chi connectivity index (χ1v) is 8.01. The van der Waals surface area contributed by atoms with Crippen LogP contribution in [0.15, 0.2) is 42.5 Å². The Bertz CT molecular complexity index is 700. The predicted octanol–water partition coefficient (Wildman–Crippen LogP) is 3.60. The fourth-order valence-electron chi connectivity index (χ4n) is 3.01. The molecule has 0 saturated heterocycles. The van der Waals surface area contributed by atoms with Gasteiger partial charge in [-0.1, -0.05) is 43.3 Å². The molecule has 0 saturated carbocycles. The van der Waals surface area contributed by atoms with Gasteiger partial charge in [-0.2, -0.15) is 0 Å². The minimum atomic E-state index is -0.287. The lowest BCUT2D eigenvalue weighted by molar-refractivity contribution is -0.116. The molecular weight excluding hydrogens is 291 g/mol. The molecule has 0 fully saturated rings. The fourth-order valence-corrected chi connectivity index (χ4v) is 3.01. The molecule has 1 unspecified atom stereocenters. The Morgan fingerprint density at radius 3 is 2.83 bits per heavy atom. The molecule has 2 aromatic rings. The lowest BCUT2D eigenvalue weighted by Crippen LogP contribution is -2.25. The summed E-state index contributed by atoms with van der Waals surface area (Å²) in [7, 11) is 0. The molecular formula is C19H21FN2O. The summed E-state index contributed by atoms with van der Waals surface area (Å²) < 4.78 is 14.5. The van der Waals surface area contributed by atoms with Gasteiger partial charge in [0.05, 0.1) is 5.69 Å². The van der Waals surface area contributed by atoms with Crippen LogP contribution < -0.4 is 10.6 Å². The van der Waals surface area contributed by atoms with Crippen molar-refractivity contribution < 1.29 is 9.18 Å². The summed E-state index contributed by atoms with van der Waals surface area (Å²) in [6, 6.07) is 13.4. The van der Waals surface area contributed by atoms with Crippen LogP contribution in [0.1, 0.15) is 36.0 Å². The van der Waals surface area contributed by atoms with Crippen LogP contribution in [-0.2, 0) is 17.8 Å². The zero-order valence-electron chi connectivity index (χ0n) is 13.2. The summed E-state index contributed by atoms with van der Waals surface area (Å²) in [6.45, 7) is 3.46. The molecule has 120 valence electrons. The van der Waals surface area contributed by atoms with Crippen molar-refractivity contribution in [2.45, 2.75) is 32.2 Å². The van der Waals surface area contributed by atoms with Gasteiger partial charge in [-0.05, 0) is 41.6 Å². The zero-order chi connectivity index (χ0) is 16.2. The highest BCUT2D eigenvalue weighted by Crippen LogP contribution is 2.25. The van der Waals surface area contributed by atoms with E-state index in [0.29, 0.717) is 19.4 Å². The maximum absolute atomic E-state index is 14.5. The molecule has 23 heavy (non-hydrogen) atoms. The highest BCUT2D eigenvalue weighted by atomic mass is 19.1.